The summed E-state index contributed by atoms with van der Waals surface area (Å²) >= 11 is 0. The quantitative estimate of drug-likeness (QED) is 0.788. The van der Waals surface area contributed by atoms with Crippen molar-refractivity contribution in [1.29, 1.82) is 0 Å². The molecule has 19 heavy (non-hydrogen) atoms. The summed E-state index contributed by atoms with van der Waals surface area (Å²) in [7, 11) is 1.86. The zero-order valence-corrected chi connectivity index (χ0v) is 11.9. The molecule has 1 aliphatic rings. The minimum atomic E-state index is -0.442. The van der Waals surface area contributed by atoms with E-state index in [1.807, 2.05) is 13.1 Å². The molecule has 0 radical (unpaired) electrons. The van der Waals surface area contributed by atoms with Gasteiger partial charge < -0.3 is 10.6 Å². The van der Waals surface area contributed by atoms with Gasteiger partial charge in [-0.15, -0.1) is 12.4 Å². The van der Waals surface area contributed by atoms with E-state index in [0.29, 0.717) is 12.0 Å². The molecule has 1 aromatic rings. The summed E-state index contributed by atoms with van der Waals surface area (Å²) in [5.41, 5.74) is 0.175. The number of amides is 1. The molecule has 0 aromatic heterocycles. The van der Waals surface area contributed by atoms with Crippen molar-refractivity contribution >= 4 is 18.3 Å². The Hall–Kier alpha value is -1.13. The highest BCUT2D eigenvalue weighted by Crippen LogP contribution is 2.46. The fourth-order valence-corrected chi connectivity index (χ4v) is 2.19. The van der Waals surface area contributed by atoms with E-state index < -0.39 is 5.54 Å². The molecule has 2 rings (SSSR count). The molecule has 5 heteroatoms. The smallest absolute Gasteiger partial charge is 0.220 e. The third-order valence-electron chi connectivity index (χ3n) is 3.35. The van der Waals surface area contributed by atoms with Gasteiger partial charge in [0.1, 0.15) is 5.82 Å². The average molecular weight is 287 g/mol. The summed E-state index contributed by atoms with van der Waals surface area (Å²) in [4.78, 5) is 11.8. The lowest BCUT2D eigenvalue weighted by molar-refractivity contribution is -0.122. The van der Waals surface area contributed by atoms with Crippen LogP contribution in [0.5, 0.6) is 0 Å². The Morgan fingerprint density at radius 2 is 2.05 bits per heavy atom. The third-order valence-corrected chi connectivity index (χ3v) is 3.35. The molecular formula is C14H20ClFN2O. The van der Waals surface area contributed by atoms with Gasteiger partial charge in [-0.3, -0.25) is 4.79 Å². The maximum atomic E-state index is 13.7. The van der Waals surface area contributed by atoms with Crippen molar-refractivity contribution in [3.63, 3.8) is 0 Å². The number of halogens is 2. The van der Waals surface area contributed by atoms with Crippen LogP contribution in [0.2, 0.25) is 0 Å². The maximum absolute atomic E-state index is 13.7. The summed E-state index contributed by atoms with van der Waals surface area (Å²) in [6.07, 6.45) is 2.93. The number of carbonyl (C=O) groups is 1. The predicted octanol–water partition coefficient (Wildman–Crippen LogP) is 2.35. The molecule has 0 saturated heterocycles. The van der Waals surface area contributed by atoms with Gasteiger partial charge in [-0.1, -0.05) is 18.2 Å². The summed E-state index contributed by atoms with van der Waals surface area (Å²) in [6, 6.07) is 6.69. The number of hydrogen-bond acceptors (Lipinski definition) is 2. The Bertz CT molecular complexity index is 435. The van der Waals surface area contributed by atoms with Gasteiger partial charge in [0.15, 0.2) is 0 Å². The fourth-order valence-electron chi connectivity index (χ4n) is 2.19. The highest BCUT2D eigenvalue weighted by molar-refractivity contribution is 5.85. The zero-order chi connectivity index (χ0) is 13.0. The van der Waals surface area contributed by atoms with Crippen molar-refractivity contribution in [3.8, 4) is 0 Å². The van der Waals surface area contributed by atoms with Crippen LogP contribution in [0.4, 0.5) is 4.39 Å². The number of rotatable bonds is 6. The number of hydrogen-bond donors (Lipinski definition) is 2. The van der Waals surface area contributed by atoms with E-state index in [2.05, 4.69) is 10.6 Å². The van der Waals surface area contributed by atoms with E-state index in [1.54, 1.807) is 12.1 Å². The standard InChI is InChI=1S/C14H19FN2O.ClH/c1-16-10-4-7-13(18)17-14(8-9-14)11-5-2-3-6-12(11)15;/h2-3,5-6,16H,4,7-10H2,1H3,(H,17,18);1H. The summed E-state index contributed by atoms with van der Waals surface area (Å²) in [5.74, 6) is -0.225. The van der Waals surface area contributed by atoms with Crippen LogP contribution in [-0.4, -0.2) is 19.5 Å². The molecule has 0 unspecified atom stereocenters. The number of carbonyl (C=O) groups excluding carboxylic acids is 1. The van der Waals surface area contributed by atoms with E-state index in [-0.39, 0.29) is 24.1 Å². The van der Waals surface area contributed by atoms with Gasteiger partial charge in [-0.05, 0) is 38.9 Å². The molecule has 0 spiro atoms. The third kappa shape index (κ3) is 3.91. The van der Waals surface area contributed by atoms with Crippen LogP contribution in [0, 0.1) is 5.82 Å². The van der Waals surface area contributed by atoms with Gasteiger partial charge in [0.25, 0.3) is 0 Å². The van der Waals surface area contributed by atoms with Crippen LogP contribution < -0.4 is 10.6 Å². The Morgan fingerprint density at radius 3 is 2.63 bits per heavy atom. The van der Waals surface area contributed by atoms with Crippen LogP contribution in [0.15, 0.2) is 24.3 Å². The molecule has 3 nitrogen and oxygen atoms in total. The molecule has 0 atom stereocenters. The maximum Gasteiger partial charge on any atom is 0.220 e. The van der Waals surface area contributed by atoms with Crippen molar-refractivity contribution in [3.05, 3.63) is 35.6 Å². The van der Waals surface area contributed by atoms with E-state index in [9.17, 15) is 9.18 Å². The lowest BCUT2D eigenvalue weighted by atomic mass is 10.0. The number of nitrogens with one attached hydrogen (secondary N) is 2. The first-order valence-electron chi connectivity index (χ1n) is 6.38. The van der Waals surface area contributed by atoms with Crippen molar-refractivity contribution in [2.24, 2.45) is 0 Å². The van der Waals surface area contributed by atoms with E-state index >= 15 is 0 Å². The highest BCUT2D eigenvalue weighted by Gasteiger charge is 2.47. The molecule has 0 bridgehead atoms. The Kier molecular flexibility index (Phi) is 5.76. The monoisotopic (exact) mass is 286 g/mol. The van der Waals surface area contributed by atoms with Crippen molar-refractivity contribution in [1.82, 2.24) is 10.6 Å². The normalized spacial score (nSPS) is 15.5. The van der Waals surface area contributed by atoms with Crippen LogP contribution >= 0.6 is 12.4 Å². The molecular weight excluding hydrogens is 267 g/mol. The molecule has 1 fully saturated rings. The van der Waals surface area contributed by atoms with E-state index in [0.717, 1.165) is 25.8 Å². The predicted molar refractivity (Wildman–Crippen MR) is 75.9 cm³/mol. The van der Waals surface area contributed by atoms with Gasteiger partial charge in [-0.25, -0.2) is 4.39 Å². The molecule has 0 aliphatic heterocycles. The molecule has 1 aliphatic carbocycles. The minimum absolute atomic E-state index is 0. The van der Waals surface area contributed by atoms with Crippen LogP contribution in [0.25, 0.3) is 0 Å². The largest absolute Gasteiger partial charge is 0.346 e. The Balaban J connectivity index is 0.00000180. The lowest BCUT2D eigenvalue weighted by Gasteiger charge is -2.18. The molecule has 0 heterocycles. The van der Waals surface area contributed by atoms with Gasteiger partial charge in [0.2, 0.25) is 5.91 Å². The second-order valence-electron chi connectivity index (χ2n) is 4.82. The van der Waals surface area contributed by atoms with Gasteiger partial charge in [-0.2, -0.15) is 0 Å². The van der Waals surface area contributed by atoms with Gasteiger partial charge >= 0.3 is 0 Å². The first-order chi connectivity index (χ1) is 8.68. The molecule has 2 N–H and O–H groups in total. The second kappa shape index (κ2) is 6.87. The summed E-state index contributed by atoms with van der Waals surface area (Å²) in [5, 5.41) is 5.98. The first kappa shape index (κ1) is 15.9. The van der Waals surface area contributed by atoms with Crippen LogP contribution in [-0.2, 0) is 10.3 Å². The zero-order valence-electron chi connectivity index (χ0n) is 11.0. The lowest BCUT2D eigenvalue weighted by Crippen LogP contribution is -2.35. The Morgan fingerprint density at radius 1 is 1.37 bits per heavy atom. The average Bonchev–Trinajstić information content (AvgIpc) is 3.10. The van der Waals surface area contributed by atoms with Gasteiger partial charge in [0, 0.05) is 12.0 Å². The van der Waals surface area contributed by atoms with Gasteiger partial charge in [0.05, 0.1) is 5.54 Å². The fraction of sp³-hybridized carbons (Fsp3) is 0.500. The van der Waals surface area contributed by atoms with Crippen LogP contribution in [0.1, 0.15) is 31.2 Å². The molecule has 1 amide bonds. The van der Waals surface area contributed by atoms with E-state index in [1.165, 1.54) is 6.07 Å². The number of benzene rings is 1. The highest BCUT2D eigenvalue weighted by atomic mass is 35.5. The Labute approximate surface area is 119 Å². The van der Waals surface area contributed by atoms with Crippen LogP contribution in [0.3, 0.4) is 0 Å². The molecule has 106 valence electrons. The summed E-state index contributed by atoms with van der Waals surface area (Å²) < 4.78 is 13.7. The van der Waals surface area contributed by atoms with Crippen molar-refractivity contribution < 1.29 is 9.18 Å². The SMILES string of the molecule is CNCCCC(=O)NC1(c2ccccc2F)CC1.Cl. The molecule has 1 saturated carbocycles. The topological polar surface area (TPSA) is 41.1 Å². The van der Waals surface area contributed by atoms with E-state index in [4.69, 9.17) is 0 Å². The second-order valence-corrected chi connectivity index (χ2v) is 4.82. The summed E-state index contributed by atoms with van der Waals surface area (Å²) in [6.45, 7) is 0.820. The van der Waals surface area contributed by atoms with Crippen molar-refractivity contribution in [2.75, 3.05) is 13.6 Å². The molecule has 1 aromatic carbocycles. The first-order valence-corrected chi connectivity index (χ1v) is 6.38. The van der Waals surface area contributed by atoms with Crippen molar-refractivity contribution in [2.45, 2.75) is 31.2 Å². The minimum Gasteiger partial charge on any atom is -0.346 e.